The Kier molecular flexibility index (Phi) is 4.71. The van der Waals surface area contributed by atoms with Crippen molar-refractivity contribution in [3.63, 3.8) is 0 Å². The first kappa shape index (κ1) is 14.3. The summed E-state index contributed by atoms with van der Waals surface area (Å²) in [4.78, 5) is 21.2. The van der Waals surface area contributed by atoms with Crippen LogP contribution in [0.1, 0.15) is 21.5 Å². The van der Waals surface area contributed by atoms with Crippen molar-refractivity contribution in [3.05, 3.63) is 34.9 Å². The maximum atomic E-state index is 12.3. The Labute approximate surface area is 106 Å². The highest BCUT2D eigenvalue weighted by Gasteiger charge is 2.16. The molecule has 0 amide bonds. The molecule has 0 unspecified atom stereocenters. The zero-order valence-electron chi connectivity index (χ0n) is 9.34. The van der Waals surface area contributed by atoms with Crippen LogP contribution in [0.4, 0.5) is 8.78 Å². The quantitative estimate of drug-likeness (QED) is 0.651. The van der Waals surface area contributed by atoms with Crippen LogP contribution in [0.25, 0.3) is 6.08 Å². The van der Waals surface area contributed by atoms with Gasteiger partial charge in [0.25, 0.3) is 0 Å². The van der Waals surface area contributed by atoms with E-state index >= 15 is 0 Å². The van der Waals surface area contributed by atoms with Crippen molar-refractivity contribution in [2.45, 2.75) is 6.61 Å². The minimum Gasteiger partial charge on any atom is -0.478 e. The molecular weight excluding hydrogens is 260 g/mol. The Hall–Kier alpha value is -2.75. The Balaban J connectivity index is 3.47. The number of hydrogen-bond acceptors (Lipinski definition) is 4. The van der Waals surface area contributed by atoms with E-state index in [-0.39, 0.29) is 16.7 Å². The van der Waals surface area contributed by atoms with E-state index in [4.69, 9.17) is 10.4 Å². The standard InChI is InChI=1S/C12H7F2NO4/c13-12(14)19-11-7(5-15)1-2-8(6-16)9(11)3-4-10(17)18/h1-4,6,12H,(H,17,18)/b4-3+. The first-order valence-electron chi connectivity index (χ1n) is 4.87. The van der Waals surface area contributed by atoms with Crippen molar-refractivity contribution in [1.29, 1.82) is 5.26 Å². The summed E-state index contributed by atoms with van der Waals surface area (Å²) in [7, 11) is 0. The molecule has 1 N–H and O–H groups in total. The van der Waals surface area contributed by atoms with Crippen molar-refractivity contribution in [3.8, 4) is 11.8 Å². The molecule has 0 heterocycles. The summed E-state index contributed by atoms with van der Waals surface area (Å²) < 4.78 is 28.8. The van der Waals surface area contributed by atoms with E-state index < -0.39 is 18.3 Å². The second kappa shape index (κ2) is 6.26. The van der Waals surface area contributed by atoms with Gasteiger partial charge in [0.15, 0.2) is 12.0 Å². The Morgan fingerprint density at radius 3 is 2.63 bits per heavy atom. The third kappa shape index (κ3) is 3.61. The molecule has 1 rings (SSSR count). The number of aliphatic carboxylic acids is 1. The number of benzene rings is 1. The molecule has 0 saturated heterocycles. The van der Waals surface area contributed by atoms with Gasteiger partial charge in [-0.05, 0) is 18.2 Å². The van der Waals surface area contributed by atoms with Gasteiger partial charge in [-0.1, -0.05) is 0 Å². The van der Waals surface area contributed by atoms with Crippen LogP contribution in [0.5, 0.6) is 5.75 Å². The summed E-state index contributed by atoms with van der Waals surface area (Å²) in [6.07, 6.45) is 1.92. The number of carbonyl (C=O) groups excluding carboxylic acids is 1. The molecule has 1 aromatic rings. The first-order valence-corrected chi connectivity index (χ1v) is 4.87. The van der Waals surface area contributed by atoms with Crippen LogP contribution in [-0.2, 0) is 4.79 Å². The summed E-state index contributed by atoms with van der Waals surface area (Å²) in [5, 5.41) is 17.3. The lowest BCUT2D eigenvalue weighted by Crippen LogP contribution is -2.06. The first-order chi connectivity index (χ1) is 8.99. The minimum absolute atomic E-state index is 0.0628. The highest BCUT2D eigenvalue weighted by Crippen LogP contribution is 2.29. The number of nitriles is 1. The zero-order valence-corrected chi connectivity index (χ0v) is 9.34. The number of rotatable bonds is 5. The summed E-state index contributed by atoms with van der Waals surface area (Å²) in [6, 6.07) is 3.98. The smallest absolute Gasteiger partial charge is 0.387 e. The minimum atomic E-state index is -3.20. The topological polar surface area (TPSA) is 87.4 Å². The molecule has 0 spiro atoms. The fourth-order valence-electron chi connectivity index (χ4n) is 1.35. The Morgan fingerprint density at radius 2 is 2.16 bits per heavy atom. The van der Waals surface area contributed by atoms with Gasteiger partial charge in [0.05, 0.1) is 5.56 Å². The molecule has 0 radical (unpaired) electrons. The van der Waals surface area contributed by atoms with Crippen LogP contribution >= 0.6 is 0 Å². The summed E-state index contributed by atoms with van der Waals surface area (Å²) in [6.45, 7) is -3.20. The Morgan fingerprint density at radius 1 is 1.47 bits per heavy atom. The number of hydrogen-bond donors (Lipinski definition) is 1. The van der Waals surface area contributed by atoms with Crippen LogP contribution in [0, 0.1) is 11.3 Å². The van der Waals surface area contributed by atoms with E-state index in [9.17, 15) is 18.4 Å². The molecule has 0 aliphatic carbocycles. The number of carboxylic acids is 1. The normalized spacial score (nSPS) is 10.4. The number of alkyl halides is 2. The summed E-state index contributed by atoms with van der Waals surface area (Å²) >= 11 is 0. The molecule has 0 aliphatic heterocycles. The highest BCUT2D eigenvalue weighted by molar-refractivity contribution is 5.91. The van der Waals surface area contributed by atoms with Gasteiger partial charge in [-0.3, -0.25) is 4.79 Å². The maximum absolute atomic E-state index is 12.3. The van der Waals surface area contributed by atoms with Crippen LogP contribution in [0.2, 0.25) is 0 Å². The Bertz CT molecular complexity index is 576. The molecule has 19 heavy (non-hydrogen) atoms. The predicted octanol–water partition coefficient (Wildman–Crippen LogP) is 2.07. The van der Waals surface area contributed by atoms with Gasteiger partial charge in [-0.15, -0.1) is 0 Å². The lowest BCUT2D eigenvalue weighted by Gasteiger charge is -2.11. The number of halogens is 2. The van der Waals surface area contributed by atoms with E-state index in [1.807, 2.05) is 0 Å². The molecule has 0 fully saturated rings. The van der Waals surface area contributed by atoms with E-state index in [0.717, 1.165) is 12.1 Å². The van der Waals surface area contributed by atoms with Crippen LogP contribution in [-0.4, -0.2) is 24.0 Å². The second-order valence-electron chi connectivity index (χ2n) is 3.22. The van der Waals surface area contributed by atoms with Gasteiger partial charge in [0.1, 0.15) is 6.07 Å². The highest BCUT2D eigenvalue weighted by atomic mass is 19.3. The predicted molar refractivity (Wildman–Crippen MR) is 59.8 cm³/mol. The number of aldehydes is 1. The van der Waals surface area contributed by atoms with E-state index in [2.05, 4.69) is 4.74 Å². The third-order valence-electron chi connectivity index (χ3n) is 2.08. The third-order valence-corrected chi connectivity index (χ3v) is 2.08. The molecular formula is C12H7F2NO4. The van der Waals surface area contributed by atoms with Crippen LogP contribution < -0.4 is 4.74 Å². The van der Waals surface area contributed by atoms with Gasteiger partial charge in [-0.25, -0.2) is 4.79 Å². The number of carbonyl (C=O) groups is 2. The summed E-state index contributed by atoms with van der Waals surface area (Å²) in [5.41, 5.74) is -0.472. The SMILES string of the molecule is N#Cc1ccc(C=O)c(/C=C/C(=O)O)c1OC(F)F. The molecule has 5 nitrogen and oxygen atoms in total. The van der Waals surface area contributed by atoms with Crippen LogP contribution in [0.3, 0.4) is 0 Å². The van der Waals surface area contributed by atoms with Crippen molar-refractivity contribution >= 4 is 18.3 Å². The fourth-order valence-corrected chi connectivity index (χ4v) is 1.35. The molecule has 1 aromatic carbocycles. The zero-order chi connectivity index (χ0) is 14.4. The van der Waals surface area contributed by atoms with Crippen LogP contribution in [0.15, 0.2) is 18.2 Å². The number of ether oxygens (including phenoxy) is 1. The molecule has 0 atom stereocenters. The fraction of sp³-hybridized carbons (Fsp3) is 0.0833. The van der Waals surface area contributed by atoms with E-state index in [1.165, 1.54) is 6.07 Å². The second-order valence-corrected chi connectivity index (χ2v) is 3.22. The lowest BCUT2D eigenvalue weighted by atomic mass is 10.0. The van der Waals surface area contributed by atoms with Crippen molar-refractivity contribution in [1.82, 2.24) is 0 Å². The van der Waals surface area contributed by atoms with Crippen molar-refractivity contribution in [2.75, 3.05) is 0 Å². The van der Waals surface area contributed by atoms with Gasteiger partial charge in [0.2, 0.25) is 0 Å². The lowest BCUT2D eigenvalue weighted by molar-refractivity contribution is -0.131. The van der Waals surface area contributed by atoms with E-state index in [1.54, 1.807) is 6.07 Å². The number of nitrogens with zero attached hydrogens (tertiary/aromatic N) is 1. The number of carboxylic acid groups (broad SMARTS) is 1. The van der Waals surface area contributed by atoms with Crippen molar-refractivity contribution < 1.29 is 28.2 Å². The molecule has 0 aliphatic rings. The summed E-state index contributed by atoms with van der Waals surface area (Å²) in [5.74, 6) is -1.86. The van der Waals surface area contributed by atoms with Crippen molar-refractivity contribution in [2.24, 2.45) is 0 Å². The molecule has 0 aromatic heterocycles. The van der Waals surface area contributed by atoms with Gasteiger partial charge in [0, 0.05) is 17.2 Å². The molecule has 7 heteroatoms. The average Bonchev–Trinajstić information content (AvgIpc) is 2.35. The molecule has 0 saturated carbocycles. The maximum Gasteiger partial charge on any atom is 0.387 e. The van der Waals surface area contributed by atoms with E-state index in [0.29, 0.717) is 12.4 Å². The molecule has 0 bridgehead atoms. The largest absolute Gasteiger partial charge is 0.478 e. The average molecular weight is 267 g/mol. The van der Waals surface area contributed by atoms with Gasteiger partial charge >= 0.3 is 12.6 Å². The van der Waals surface area contributed by atoms with Gasteiger partial charge < -0.3 is 9.84 Å². The monoisotopic (exact) mass is 267 g/mol. The van der Waals surface area contributed by atoms with Gasteiger partial charge in [-0.2, -0.15) is 14.0 Å². The molecule has 98 valence electrons.